The third-order valence-electron chi connectivity index (χ3n) is 4.14. The number of hydrogen-bond donors (Lipinski definition) is 2. The van der Waals surface area contributed by atoms with Crippen LogP contribution in [-0.2, 0) is 21.2 Å². The van der Waals surface area contributed by atoms with Gasteiger partial charge in [0, 0.05) is 6.54 Å². The normalized spacial score (nSPS) is 11.4. The molecule has 0 radical (unpaired) electrons. The number of rotatable bonds is 8. The maximum Gasteiger partial charge on any atom is 0.257 e. The van der Waals surface area contributed by atoms with Gasteiger partial charge in [0.15, 0.2) is 6.61 Å². The highest BCUT2D eigenvalue weighted by Gasteiger charge is 2.10. The first-order valence-electron chi connectivity index (χ1n) is 8.78. The van der Waals surface area contributed by atoms with Gasteiger partial charge in [-0.1, -0.05) is 38.1 Å². The zero-order valence-corrected chi connectivity index (χ0v) is 16.7. The van der Waals surface area contributed by atoms with Crippen molar-refractivity contribution in [3.8, 4) is 5.75 Å². The van der Waals surface area contributed by atoms with E-state index in [1.165, 1.54) is 12.1 Å². The van der Waals surface area contributed by atoms with Crippen LogP contribution < -0.4 is 15.2 Å². The fraction of sp³-hybridized carbons (Fsp3) is 0.350. The number of benzene rings is 2. The Balaban J connectivity index is 1.83. The van der Waals surface area contributed by atoms with Crippen LogP contribution in [0.5, 0.6) is 5.75 Å². The predicted molar refractivity (Wildman–Crippen MR) is 105 cm³/mol. The number of ether oxygens (including phenoxy) is 1. The summed E-state index contributed by atoms with van der Waals surface area (Å²) < 4.78 is 28.2. The number of amides is 1. The minimum atomic E-state index is -3.69. The van der Waals surface area contributed by atoms with Gasteiger partial charge in [-0.15, -0.1) is 0 Å². The highest BCUT2D eigenvalue weighted by atomic mass is 32.2. The van der Waals surface area contributed by atoms with Crippen LogP contribution in [0.3, 0.4) is 0 Å². The van der Waals surface area contributed by atoms with Gasteiger partial charge in [0.05, 0.1) is 4.90 Å². The van der Waals surface area contributed by atoms with Crippen molar-refractivity contribution in [3.63, 3.8) is 0 Å². The van der Waals surface area contributed by atoms with Crippen LogP contribution in [0.4, 0.5) is 0 Å². The second kappa shape index (κ2) is 9.01. The molecule has 0 atom stereocenters. The highest BCUT2D eigenvalue weighted by molar-refractivity contribution is 7.89. The Morgan fingerprint density at radius 1 is 1.15 bits per heavy atom. The smallest absolute Gasteiger partial charge is 0.257 e. The molecular formula is C20H26N2O4S. The molecule has 0 aliphatic rings. The maximum absolute atomic E-state index is 12.0. The Bertz CT molecular complexity index is 891. The van der Waals surface area contributed by atoms with Crippen LogP contribution >= 0.6 is 0 Å². The quantitative estimate of drug-likeness (QED) is 0.723. The molecule has 6 nitrogen and oxygen atoms in total. The van der Waals surface area contributed by atoms with E-state index in [4.69, 9.17) is 9.88 Å². The SMILES string of the molecule is Cc1ccc(C(C)C)c(OCC(=O)NCCc2ccc(S(N)(=O)=O)cc2)c1. The number of aryl methyl sites for hydroxylation is 1. The summed E-state index contributed by atoms with van der Waals surface area (Å²) in [6.45, 7) is 6.53. The van der Waals surface area contributed by atoms with Crippen molar-refractivity contribution in [1.82, 2.24) is 5.32 Å². The molecule has 2 aromatic carbocycles. The number of sulfonamides is 1. The van der Waals surface area contributed by atoms with Gasteiger partial charge in [-0.05, 0) is 54.2 Å². The largest absolute Gasteiger partial charge is 0.483 e. The van der Waals surface area contributed by atoms with Crippen molar-refractivity contribution < 1.29 is 17.9 Å². The van der Waals surface area contributed by atoms with Gasteiger partial charge >= 0.3 is 0 Å². The molecule has 3 N–H and O–H groups in total. The number of nitrogens with one attached hydrogen (secondary N) is 1. The Morgan fingerprint density at radius 3 is 2.41 bits per heavy atom. The molecule has 0 aromatic heterocycles. The number of hydrogen-bond acceptors (Lipinski definition) is 4. The second-order valence-corrected chi connectivity index (χ2v) is 8.33. The lowest BCUT2D eigenvalue weighted by Gasteiger charge is -2.14. The first-order valence-corrected chi connectivity index (χ1v) is 10.3. The van der Waals surface area contributed by atoms with Crippen molar-refractivity contribution >= 4 is 15.9 Å². The van der Waals surface area contributed by atoms with Crippen LogP contribution in [0.15, 0.2) is 47.4 Å². The predicted octanol–water partition coefficient (Wildman–Crippen LogP) is 2.50. The molecule has 0 spiro atoms. The van der Waals surface area contributed by atoms with Crippen LogP contribution in [-0.4, -0.2) is 27.5 Å². The Labute approximate surface area is 160 Å². The average Bonchev–Trinajstić information content (AvgIpc) is 2.59. The van der Waals surface area contributed by atoms with Crippen molar-refractivity contribution in [3.05, 3.63) is 59.2 Å². The van der Waals surface area contributed by atoms with Crippen LogP contribution in [0.1, 0.15) is 36.5 Å². The van der Waals surface area contributed by atoms with Crippen molar-refractivity contribution in [1.29, 1.82) is 0 Å². The van der Waals surface area contributed by atoms with Crippen LogP contribution in [0.25, 0.3) is 0 Å². The van der Waals surface area contributed by atoms with Crippen LogP contribution in [0.2, 0.25) is 0 Å². The first kappa shape index (κ1) is 20.9. The van der Waals surface area contributed by atoms with E-state index < -0.39 is 10.0 Å². The van der Waals surface area contributed by atoms with Gasteiger partial charge in [-0.2, -0.15) is 0 Å². The Morgan fingerprint density at radius 2 is 1.81 bits per heavy atom. The number of nitrogens with two attached hydrogens (primary N) is 1. The summed E-state index contributed by atoms with van der Waals surface area (Å²) in [7, 11) is -3.69. The highest BCUT2D eigenvalue weighted by Crippen LogP contribution is 2.27. The minimum Gasteiger partial charge on any atom is -0.483 e. The summed E-state index contributed by atoms with van der Waals surface area (Å²) in [5.41, 5.74) is 3.06. The summed E-state index contributed by atoms with van der Waals surface area (Å²) in [4.78, 5) is 12.1. The average molecular weight is 391 g/mol. The van der Waals surface area contributed by atoms with Crippen LogP contribution in [0, 0.1) is 6.92 Å². The molecule has 0 unspecified atom stereocenters. The van der Waals surface area contributed by atoms with Crippen molar-refractivity contribution in [2.45, 2.75) is 38.0 Å². The number of primary sulfonamides is 1. The number of carbonyl (C=O) groups excluding carboxylic acids is 1. The molecule has 2 aromatic rings. The zero-order chi connectivity index (χ0) is 20.0. The van der Waals surface area contributed by atoms with Gasteiger partial charge in [-0.3, -0.25) is 4.79 Å². The van der Waals surface area contributed by atoms with E-state index in [9.17, 15) is 13.2 Å². The molecule has 0 fully saturated rings. The topological polar surface area (TPSA) is 98.5 Å². The van der Waals surface area contributed by atoms with Gasteiger partial charge < -0.3 is 10.1 Å². The van der Waals surface area contributed by atoms with Crippen molar-refractivity contribution in [2.75, 3.05) is 13.2 Å². The van der Waals surface area contributed by atoms with Gasteiger partial charge in [-0.25, -0.2) is 13.6 Å². The molecule has 0 aliphatic heterocycles. The molecule has 0 aliphatic carbocycles. The summed E-state index contributed by atoms with van der Waals surface area (Å²) in [6, 6.07) is 12.3. The van der Waals surface area contributed by atoms with E-state index in [-0.39, 0.29) is 17.4 Å². The Kier molecular flexibility index (Phi) is 6.98. The van der Waals surface area contributed by atoms with E-state index >= 15 is 0 Å². The standard InChI is InChI=1S/C20H26N2O4S/c1-14(2)18-9-4-15(3)12-19(18)26-13-20(23)22-11-10-16-5-7-17(8-6-16)27(21,24)25/h4-9,12,14H,10-11,13H2,1-3H3,(H,22,23)(H2,21,24,25). The van der Waals surface area contributed by atoms with E-state index in [1.807, 2.05) is 25.1 Å². The minimum absolute atomic E-state index is 0.0481. The number of carbonyl (C=O) groups is 1. The zero-order valence-electron chi connectivity index (χ0n) is 15.9. The van der Waals surface area contributed by atoms with E-state index in [2.05, 4.69) is 19.2 Å². The van der Waals surface area contributed by atoms with E-state index in [1.54, 1.807) is 12.1 Å². The lowest BCUT2D eigenvalue weighted by molar-refractivity contribution is -0.123. The van der Waals surface area contributed by atoms with Gasteiger partial charge in [0.2, 0.25) is 10.0 Å². The molecule has 1 amide bonds. The third kappa shape index (κ3) is 6.37. The molecule has 27 heavy (non-hydrogen) atoms. The van der Waals surface area contributed by atoms with Gasteiger partial charge in [0.1, 0.15) is 5.75 Å². The van der Waals surface area contributed by atoms with E-state index in [0.29, 0.717) is 18.9 Å². The van der Waals surface area contributed by atoms with Crippen molar-refractivity contribution in [2.24, 2.45) is 5.14 Å². The molecule has 0 saturated carbocycles. The first-order chi connectivity index (χ1) is 12.7. The monoisotopic (exact) mass is 390 g/mol. The molecule has 146 valence electrons. The molecule has 2 rings (SSSR count). The third-order valence-corrected chi connectivity index (χ3v) is 5.07. The Hall–Kier alpha value is -2.38. The fourth-order valence-corrected chi connectivity index (χ4v) is 3.15. The molecule has 7 heteroatoms. The molecule has 0 saturated heterocycles. The second-order valence-electron chi connectivity index (χ2n) is 6.77. The molecular weight excluding hydrogens is 364 g/mol. The molecule has 0 bridgehead atoms. The van der Waals surface area contributed by atoms with Gasteiger partial charge in [0.25, 0.3) is 5.91 Å². The van der Waals surface area contributed by atoms with E-state index in [0.717, 1.165) is 22.4 Å². The summed E-state index contributed by atoms with van der Waals surface area (Å²) in [5, 5.41) is 7.87. The maximum atomic E-state index is 12.0. The lowest BCUT2D eigenvalue weighted by atomic mass is 10.0. The fourth-order valence-electron chi connectivity index (χ4n) is 2.63. The molecule has 0 heterocycles. The lowest BCUT2D eigenvalue weighted by Crippen LogP contribution is -2.30. The summed E-state index contributed by atoms with van der Waals surface area (Å²) in [6.07, 6.45) is 0.582. The summed E-state index contributed by atoms with van der Waals surface area (Å²) >= 11 is 0. The summed E-state index contributed by atoms with van der Waals surface area (Å²) in [5.74, 6) is 0.843.